The molecule has 0 aromatic carbocycles. The molecular weight excluding hydrogens is 208 g/mol. The number of ketones is 1. The van der Waals surface area contributed by atoms with Crippen molar-refractivity contribution in [2.24, 2.45) is 0 Å². The van der Waals surface area contributed by atoms with E-state index in [1.165, 1.54) is 0 Å². The van der Waals surface area contributed by atoms with Crippen molar-refractivity contribution in [2.75, 3.05) is 13.2 Å². The predicted molar refractivity (Wildman–Crippen MR) is 56.1 cm³/mol. The van der Waals surface area contributed by atoms with Gasteiger partial charge in [-0.25, -0.2) is 0 Å². The molecule has 5 heteroatoms. The number of carbonyl (C=O) groups excluding carboxylic acids is 1. The highest BCUT2D eigenvalue weighted by molar-refractivity contribution is 5.79. The van der Waals surface area contributed by atoms with Gasteiger partial charge < -0.3 is 9.26 Å². The van der Waals surface area contributed by atoms with Crippen LogP contribution in [0, 0.1) is 0 Å². The Morgan fingerprint density at radius 1 is 1.44 bits per heavy atom. The summed E-state index contributed by atoms with van der Waals surface area (Å²) in [5, 5.41) is 3.93. The zero-order valence-electron chi connectivity index (χ0n) is 9.44. The second kappa shape index (κ2) is 5.21. The lowest BCUT2D eigenvalue weighted by molar-refractivity contribution is -0.118. The molecule has 1 saturated heterocycles. The van der Waals surface area contributed by atoms with Gasteiger partial charge in [-0.3, -0.25) is 4.79 Å². The number of carbonyl (C=O) groups is 1. The molecule has 1 aromatic rings. The minimum absolute atomic E-state index is 0.127. The molecule has 16 heavy (non-hydrogen) atoms. The number of nitrogens with zero attached hydrogens (tertiary/aromatic N) is 2. The third-order valence-corrected chi connectivity index (χ3v) is 2.81. The fourth-order valence-corrected chi connectivity index (χ4v) is 1.76. The Morgan fingerprint density at radius 3 is 2.88 bits per heavy atom. The van der Waals surface area contributed by atoms with Gasteiger partial charge >= 0.3 is 0 Å². The highest BCUT2D eigenvalue weighted by Gasteiger charge is 2.21. The van der Waals surface area contributed by atoms with Crippen LogP contribution in [0.1, 0.15) is 43.8 Å². The molecule has 0 aliphatic carbocycles. The maximum absolute atomic E-state index is 11.2. The van der Waals surface area contributed by atoms with E-state index in [4.69, 9.17) is 9.26 Å². The van der Waals surface area contributed by atoms with Gasteiger partial charge in [-0.15, -0.1) is 0 Å². The van der Waals surface area contributed by atoms with Crippen molar-refractivity contribution in [1.82, 2.24) is 10.1 Å². The highest BCUT2D eigenvalue weighted by Crippen LogP contribution is 2.24. The summed E-state index contributed by atoms with van der Waals surface area (Å²) in [6.07, 6.45) is 2.63. The summed E-state index contributed by atoms with van der Waals surface area (Å²) in [5.74, 6) is 1.61. The van der Waals surface area contributed by atoms with Gasteiger partial charge in [0.1, 0.15) is 5.78 Å². The van der Waals surface area contributed by atoms with Crippen LogP contribution in [0.4, 0.5) is 0 Å². The molecule has 0 amide bonds. The van der Waals surface area contributed by atoms with Crippen LogP contribution in [0.2, 0.25) is 0 Å². The smallest absolute Gasteiger partial charge is 0.234 e. The Kier molecular flexibility index (Phi) is 3.66. The van der Waals surface area contributed by atoms with E-state index in [0.717, 1.165) is 31.9 Å². The fraction of sp³-hybridized carbons (Fsp3) is 0.727. The number of hydrogen-bond donors (Lipinski definition) is 0. The summed E-state index contributed by atoms with van der Waals surface area (Å²) in [6, 6.07) is 0. The summed E-state index contributed by atoms with van der Waals surface area (Å²) >= 11 is 0. The zero-order chi connectivity index (χ0) is 11.4. The van der Waals surface area contributed by atoms with Crippen LogP contribution < -0.4 is 0 Å². The quantitative estimate of drug-likeness (QED) is 0.775. The van der Waals surface area contributed by atoms with Gasteiger partial charge in [-0.2, -0.15) is 4.98 Å². The summed E-state index contributed by atoms with van der Waals surface area (Å²) in [6.45, 7) is 3.34. The minimum Gasteiger partial charge on any atom is -0.381 e. The number of ether oxygens (including phenoxy) is 1. The van der Waals surface area contributed by atoms with Crippen molar-refractivity contribution < 1.29 is 14.1 Å². The molecule has 0 bridgehead atoms. The van der Waals surface area contributed by atoms with Gasteiger partial charge in [0.2, 0.25) is 5.89 Å². The minimum atomic E-state index is 0.127. The average molecular weight is 224 g/mol. The number of aromatic nitrogens is 2. The second-order valence-electron chi connectivity index (χ2n) is 4.00. The van der Waals surface area contributed by atoms with Gasteiger partial charge in [0, 0.05) is 25.6 Å². The molecule has 1 aliphatic rings. The van der Waals surface area contributed by atoms with Crippen LogP contribution in [0.5, 0.6) is 0 Å². The number of Topliss-reactive ketones (excluding diaryl/α,β-unsaturated/α-hetero) is 1. The third kappa shape index (κ3) is 2.66. The van der Waals surface area contributed by atoms with Gasteiger partial charge in [-0.05, 0) is 12.8 Å². The first-order chi connectivity index (χ1) is 7.79. The molecule has 1 fully saturated rings. The first-order valence-electron chi connectivity index (χ1n) is 5.71. The Balaban J connectivity index is 1.98. The van der Waals surface area contributed by atoms with Crippen molar-refractivity contribution in [3.05, 3.63) is 11.7 Å². The van der Waals surface area contributed by atoms with Crippen molar-refractivity contribution in [3.8, 4) is 0 Å². The standard InChI is InChI=1S/C11H16N2O3/c1-2-9(14)7-10-12-11(13-16-10)8-3-5-15-6-4-8/h8H,2-7H2,1H3. The van der Waals surface area contributed by atoms with E-state index in [1.807, 2.05) is 6.92 Å². The van der Waals surface area contributed by atoms with E-state index in [1.54, 1.807) is 0 Å². The fourth-order valence-electron chi connectivity index (χ4n) is 1.76. The molecule has 2 heterocycles. The van der Waals surface area contributed by atoms with Crippen LogP contribution in [0.3, 0.4) is 0 Å². The monoisotopic (exact) mass is 224 g/mol. The molecule has 5 nitrogen and oxygen atoms in total. The Labute approximate surface area is 94.2 Å². The van der Waals surface area contributed by atoms with E-state index in [2.05, 4.69) is 10.1 Å². The molecule has 0 unspecified atom stereocenters. The van der Waals surface area contributed by atoms with E-state index < -0.39 is 0 Å². The van der Waals surface area contributed by atoms with Crippen LogP contribution in [-0.2, 0) is 16.0 Å². The molecule has 0 atom stereocenters. The summed E-state index contributed by atoms with van der Waals surface area (Å²) in [4.78, 5) is 15.5. The largest absolute Gasteiger partial charge is 0.381 e. The lowest BCUT2D eigenvalue weighted by atomic mass is 10.00. The van der Waals surface area contributed by atoms with Crippen LogP contribution in [0.25, 0.3) is 0 Å². The first-order valence-corrected chi connectivity index (χ1v) is 5.71. The van der Waals surface area contributed by atoms with Crippen molar-refractivity contribution in [1.29, 1.82) is 0 Å². The second-order valence-corrected chi connectivity index (χ2v) is 4.00. The Hall–Kier alpha value is -1.23. The molecule has 1 aliphatic heterocycles. The van der Waals surface area contributed by atoms with Gasteiger partial charge in [0.25, 0.3) is 0 Å². The summed E-state index contributed by atoms with van der Waals surface area (Å²) in [7, 11) is 0. The topological polar surface area (TPSA) is 65.2 Å². The van der Waals surface area contributed by atoms with Crippen molar-refractivity contribution >= 4 is 5.78 Å². The summed E-state index contributed by atoms with van der Waals surface area (Å²) in [5.41, 5.74) is 0. The molecule has 0 spiro atoms. The molecule has 0 N–H and O–H groups in total. The van der Waals surface area contributed by atoms with E-state index in [0.29, 0.717) is 18.2 Å². The number of rotatable bonds is 4. The molecule has 2 rings (SSSR count). The number of hydrogen-bond acceptors (Lipinski definition) is 5. The maximum atomic E-state index is 11.2. The third-order valence-electron chi connectivity index (χ3n) is 2.81. The van der Waals surface area contributed by atoms with Crippen molar-refractivity contribution in [2.45, 2.75) is 38.5 Å². The lowest BCUT2D eigenvalue weighted by Crippen LogP contribution is -2.15. The molecule has 0 saturated carbocycles. The summed E-state index contributed by atoms with van der Waals surface area (Å²) < 4.78 is 10.3. The van der Waals surface area contributed by atoms with E-state index in [9.17, 15) is 4.79 Å². The maximum Gasteiger partial charge on any atom is 0.234 e. The van der Waals surface area contributed by atoms with Crippen molar-refractivity contribution in [3.63, 3.8) is 0 Å². The SMILES string of the molecule is CCC(=O)Cc1nc(C2CCOCC2)no1. The Morgan fingerprint density at radius 2 is 2.19 bits per heavy atom. The Bertz CT molecular complexity index is 356. The molecule has 1 aromatic heterocycles. The van der Waals surface area contributed by atoms with Crippen LogP contribution in [-0.4, -0.2) is 29.1 Å². The first kappa shape index (κ1) is 11.3. The highest BCUT2D eigenvalue weighted by atomic mass is 16.5. The van der Waals surface area contributed by atoms with E-state index >= 15 is 0 Å². The van der Waals surface area contributed by atoms with E-state index in [-0.39, 0.29) is 12.2 Å². The lowest BCUT2D eigenvalue weighted by Gasteiger charge is -2.18. The van der Waals surface area contributed by atoms with Crippen LogP contribution in [0.15, 0.2) is 4.52 Å². The van der Waals surface area contributed by atoms with Crippen LogP contribution >= 0.6 is 0 Å². The average Bonchev–Trinajstić information content (AvgIpc) is 2.78. The molecular formula is C11H16N2O3. The van der Waals surface area contributed by atoms with Gasteiger partial charge in [0.15, 0.2) is 5.82 Å². The normalized spacial score (nSPS) is 17.6. The zero-order valence-corrected chi connectivity index (χ0v) is 9.44. The van der Waals surface area contributed by atoms with Gasteiger partial charge in [0.05, 0.1) is 6.42 Å². The van der Waals surface area contributed by atoms with Gasteiger partial charge in [-0.1, -0.05) is 12.1 Å². The molecule has 88 valence electrons. The molecule has 0 radical (unpaired) electrons. The predicted octanol–water partition coefficient (Wildman–Crippen LogP) is 1.49.